The molecule has 0 unspecified atom stereocenters. The van der Waals surface area contributed by atoms with Crippen molar-refractivity contribution in [2.45, 2.75) is 31.7 Å². The Balaban J connectivity index is 1.58. The minimum absolute atomic E-state index is 0.0887. The van der Waals surface area contributed by atoms with Crippen molar-refractivity contribution in [1.29, 1.82) is 5.26 Å². The molecule has 1 aromatic heterocycles. The molecule has 2 aromatic rings. The monoisotopic (exact) mass is 359 g/mol. The molecular weight excluding hydrogens is 346 g/mol. The molecule has 0 aliphatic heterocycles. The second-order valence-corrected chi connectivity index (χ2v) is 6.22. The van der Waals surface area contributed by atoms with Crippen LogP contribution in [-0.4, -0.2) is 11.1 Å². The largest absolute Gasteiger partial charge is 0.361 e. The average molecular weight is 360 g/mol. The first kappa shape index (κ1) is 14.8. The third kappa shape index (κ3) is 3.37. The number of amides is 1. The molecule has 6 heteroatoms. The molecule has 0 saturated heterocycles. The number of nitriles is 1. The highest BCUT2D eigenvalue weighted by Gasteiger charge is 2.30. The third-order valence-corrected chi connectivity index (χ3v) is 4.31. The Morgan fingerprint density at radius 2 is 2.32 bits per heavy atom. The van der Waals surface area contributed by atoms with Crippen LogP contribution in [-0.2, 0) is 17.8 Å². The van der Waals surface area contributed by atoms with E-state index >= 15 is 0 Å². The van der Waals surface area contributed by atoms with E-state index in [1.807, 2.05) is 6.07 Å². The lowest BCUT2D eigenvalue weighted by Crippen LogP contribution is -2.24. The van der Waals surface area contributed by atoms with Crippen LogP contribution in [0.3, 0.4) is 0 Å². The number of rotatable bonds is 5. The highest BCUT2D eigenvalue weighted by atomic mass is 79.9. The van der Waals surface area contributed by atoms with Gasteiger partial charge < -0.3 is 9.84 Å². The first-order valence-electron chi connectivity index (χ1n) is 7.06. The summed E-state index contributed by atoms with van der Waals surface area (Å²) < 4.78 is 5.97. The molecule has 1 amide bonds. The fourth-order valence-corrected chi connectivity index (χ4v) is 2.63. The van der Waals surface area contributed by atoms with Gasteiger partial charge in [-0.3, -0.25) is 4.79 Å². The summed E-state index contributed by atoms with van der Waals surface area (Å²) in [5, 5.41) is 15.7. The molecule has 1 heterocycles. The van der Waals surface area contributed by atoms with Crippen LogP contribution in [0.4, 0.5) is 0 Å². The maximum atomic E-state index is 12.0. The van der Waals surface area contributed by atoms with Gasteiger partial charge in [-0.05, 0) is 46.5 Å². The molecular formula is C16H14BrN3O2. The minimum Gasteiger partial charge on any atom is -0.361 e. The van der Waals surface area contributed by atoms with E-state index in [4.69, 9.17) is 9.78 Å². The van der Waals surface area contributed by atoms with Crippen LogP contribution >= 0.6 is 15.9 Å². The van der Waals surface area contributed by atoms with Crippen molar-refractivity contribution < 1.29 is 9.32 Å². The van der Waals surface area contributed by atoms with Crippen LogP contribution in [0.25, 0.3) is 0 Å². The molecule has 1 saturated carbocycles. The second-order valence-electron chi connectivity index (χ2n) is 5.37. The van der Waals surface area contributed by atoms with E-state index in [-0.39, 0.29) is 12.3 Å². The van der Waals surface area contributed by atoms with Crippen LogP contribution in [0.2, 0.25) is 0 Å². The molecule has 112 valence electrons. The number of benzene rings is 1. The van der Waals surface area contributed by atoms with Gasteiger partial charge in [0, 0.05) is 22.5 Å². The van der Waals surface area contributed by atoms with Crippen LogP contribution in [0.15, 0.2) is 33.4 Å². The molecule has 1 fully saturated rings. The molecule has 0 bridgehead atoms. The smallest absolute Gasteiger partial charge is 0.224 e. The zero-order valence-corrected chi connectivity index (χ0v) is 13.4. The van der Waals surface area contributed by atoms with Crippen molar-refractivity contribution in [3.05, 3.63) is 51.3 Å². The van der Waals surface area contributed by atoms with Crippen molar-refractivity contribution in [1.82, 2.24) is 10.5 Å². The quantitative estimate of drug-likeness (QED) is 0.889. The number of hydrogen-bond donors (Lipinski definition) is 1. The second kappa shape index (κ2) is 6.32. The van der Waals surface area contributed by atoms with Crippen molar-refractivity contribution in [3.63, 3.8) is 0 Å². The molecule has 5 nitrogen and oxygen atoms in total. The Morgan fingerprint density at radius 1 is 1.50 bits per heavy atom. The van der Waals surface area contributed by atoms with Crippen LogP contribution < -0.4 is 5.32 Å². The van der Waals surface area contributed by atoms with Gasteiger partial charge in [0.25, 0.3) is 0 Å². The summed E-state index contributed by atoms with van der Waals surface area (Å²) in [4.78, 5) is 12.0. The summed E-state index contributed by atoms with van der Waals surface area (Å²) in [7, 11) is 0. The standard InChI is InChI=1S/C16H14BrN3O2/c17-14-4-1-10(5-12(14)7-18)6-15(21)19-8-13-9-20-22-16(13)11-2-3-11/h1,4-5,9,11H,2-3,6,8H2,(H,19,21). The van der Waals surface area contributed by atoms with Gasteiger partial charge in [-0.2, -0.15) is 5.26 Å². The minimum atomic E-state index is -0.0887. The average Bonchev–Trinajstić information content (AvgIpc) is 3.25. The summed E-state index contributed by atoms with van der Waals surface area (Å²) in [6.07, 6.45) is 4.17. The highest BCUT2D eigenvalue weighted by Crippen LogP contribution is 2.41. The van der Waals surface area contributed by atoms with Gasteiger partial charge in [-0.25, -0.2) is 0 Å². The van der Waals surface area contributed by atoms with Gasteiger partial charge in [-0.1, -0.05) is 11.2 Å². The van der Waals surface area contributed by atoms with E-state index < -0.39 is 0 Å². The number of hydrogen-bond acceptors (Lipinski definition) is 4. The van der Waals surface area contributed by atoms with E-state index in [1.54, 1.807) is 18.3 Å². The lowest BCUT2D eigenvalue weighted by Gasteiger charge is -2.06. The summed E-state index contributed by atoms with van der Waals surface area (Å²) >= 11 is 3.30. The first-order chi connectivity index (χ1) is 10.7. The molecule has 1 aliphatic carbocycles. The Hall–Kier alpha value is -2.13. The van der Waals surface area contributed by atoms with E-state index in [0.29, 0.717) is 18.0 Å². The predicted octanol–water partition coefficient (Wildman–Crippen LogP) is 3.05. The SMILES string of the molecule is N#Cc1cc(CC(=O)NCc2cnoc2C2CC2)ccc1Br. The van der Waals surface area contributed by atoms with Crippen LogP contribution in [0.1, 0.15) is 41.2 Å². The number of halogens is 1. The number of nitrogens with zero attached hydrogens (tertiary/aromatic N) is 2. The third-order valence-electron chi connectivity index (χ3n) is 3.62. The summed E-state index contributed by atoms with van der Waals surface area (Å²) in [6, 6.07) is 7.43. The Morgan fingerprint density at radius 3 is 3.05 bits per heavy atom. The molecule has 1 aliphatic rings. The van der Waals surface area contributed by atoms with E-state index in [0.717, 1.165) is 34.2 Å². The molecule has 22 heavy (non-hydrogen) atoms. The highest BCUT2D eigenvalue weighted by molar-refractivity contribution is 9.10. The maximum Gasteiger partial charge on any atom is 0.224 e. The number of nitrogens with one attached hydrogen (secondary N) is 1. The molecule has 0 spiro atoms. The number of aromatic nitrogens is 1. The van der Waals surface area contributed by atoms with Crippen LogP contribution in [0.5, 0.6) is 0 Å². The molecule has 0 radical (unpaired) electrons. The fourth-order valence-electron chi connectivity index (χ4n) is 2.29. The van der Waals surface area contributed by atoms with Crippen molar-refractivity contribution in [2.24, 2.45) is 0 Å². The van der Waals surface area contributed by atoms with Gasteiger partial charge in [0.2, 0.25) is 5.91 Å². The van der Waals surface area contributed by atoms with E-state index in [9.17, 15) is 4.79 Å². The first-order valence-corrected chi connectivity index (χ1v) is 7.85. The Labute approximate surface area is 136 Å². The van der Waals surface area contributed by atoms with Gasteiger partial charge >= 0.3 is 0 Å². The summed E-state index contributed by atoms with van der Waals surface area (Å²) in [5.74, 6) is 1.28. The summed E-state index contributed by atoms with van der Waals surface area (Å²) in [6.45, 7) is 0.426. The Bertz CT molecular complexity index is 744. The Kier molecular flexibility index (Phi) is 4.25. The van der Waals surface area contributed by atoms with Crippen LogP contribution in [0, 0.1) is 11.3 Å². The van der Waals surface area contributed by atoms with Gasteiger partial charge in [0.05, 0.1) is 18.2 Å². The van der Waals surface area contributed by atoms with Gasteiger partial charge in [0.15, 0.2) is 0 Å². The van der Waals surface area contributed by atoms with E-state index in [1.165, 1.54) is 0 Å². The van der Waals surface area contributed by atoms with Gasteiger partial charge in [-0.15, -0.1) is 0 Å². The van der Waals surface area contributed by atoms with Gasteiger partial charge in [0.1, 0.15) is 11.8 Å². The van der Waals surface area contributed by atoms with Crippen molar-refractivity contribution in [2.75, 3.05) is 0 Å². The maximum absolute atomic E-state index is 12.0. The van der Waals surface area contributed by atoms with Crippen molar-refractivity contribution in [3.8, 4) is 6.07 Å². The number of carbonyl (C=O) groups excluding carboxylic acids is 1. The van der Waals surface area contributed by atoms with Crippen molar-refractivity contribution >= 4 is 21.8 Å². The molecule has 3 rings (SSSR count). The fraction of sp³-hybridized carbons (Fsp3) is 0.312. The zero-order chi connectivity index (χ0) is 15.5. The number of carbonyl (C=O) groups is 1. The van der Waals surface area contributed by atoms with E-state index in [2.05, 4.69) is 32.5 Å². The lowest BCUT2D eigenvalue weighted by atomic mass is 10.1. The molecule has 0 atom stereocenters. The summed E-state index contributed by atoms with van der Waals surface area (Å²) in [5.41, 5.74) is 2.29. The normalized spacial score (nSPS) is 13.6. The predicted molar refractivity (Wildman–Crippen MR) is 82.9 cm³/mol. The topological polar surface area (TPSA) is 78.9 Å². The zero-order valence-electron chi connectivity index (χ0n) is 11.8. The molecule has 1 aromatic carbocycles. The molecule has 1 N–H and O–H groups in total. The lowest BCUT2D eigenvalue weighted by molar-refractivity contribution is -0.120.